The number of benzene rings is 1. The van der Waals surface area contributed by atoms with Gasteiger partial charge >= 0.3 is 5.69 Å². The first kappa shape index (κ1) is 13.7. The van der Waals surface area contributed by atoms with Crippen LogP contribution in [0.25, 0.3) is 5.69 Å². The van der Waals surface area contributed by atoms with Gasteiger partial charge in [-0.1, -0.05) is 0 Å². The Morgan fingerprint density at radius 2 is 2.00 bits per heavy atom. The van der Waals surface area contributed by atoms with E-state index in [1.54, 1.807) is 32.2 Å². The van der Waals surface area contributed by atoms with E-state index in [1.165, 1.54) is 11.7 Å². The summed E-state index contributed by atoms with van der Waals surface area (Å²) in [6.45, 7) is 1.62. The van der Waals surface area contributed by atoms with E-state index in [0.717, 1.165) is 4.68 Å². The summed E-state index contributed by atoms with van der Waals surface area (Å²) < 4.78 is 12.9. The van der Waals surface area contributed by atoms with Crippen LogP contribution in [0.1, 0.15) is 5.82 Å². The highest BCUT2D eigenvalue weighted by molar-refractivity contribution is 5.49. The highest BCUT2D eigenvalue weighted by atomic mass is 16.5. The standard InChI is InChI=1S/C13H14N4O3/c1-9-15-16(7-6-14)13(18)17(9)10-4-5-11(19-2)12(8-10)20-3/h4-5,8H,7H2,1-3H3. The van der Waals surface area contributed by atoms with Crippen LogP contribution in [0.3, 0.4) is 0 Å². The van der Waals surface area contributed by atoms with Gasteiger partial charge in [0.25, 0.3) is 0 Å². The number of hydrogen-bond donors (Lipinski definition) is 0. The number of aromatic nitrogens is 3. The average Bonchev–Trinajstić information content (AvgIpc) is 2.73. The Hall–Kier alpha value is -2.75. The van der Waals surface area contributed by atoms with Crippen LogP contribution >= 0.6 is 0 Å². The molecular weight excluding hydrogens is 260 g/mol. The van der Waals surface area contributed by atoms with Crippen LogP contribution in [0.4, 0.5) is 0 Å². The van der Waals surface area contributed by atoms with Gasteiger partial charge in [-0.2, -0.15) is 15.0 Å². The summed E-state index contributed by atoms with van der Waals surface area (Å²) in [4.78, 5) is 12.2. The second-order valence-corrected chi connectivity index (χ2v) is 4.02. The molecule has 0 saturated carbocycles. The molecule has 0 aliphatic heterocycles. The summed E-state index contributed by atoms with van der Waals surface area (Å²) in [6.07, 6.45) is 0. The van der Waals surface area contributed by atoms with E-state index in [2.05, 4.69) is 5.10 Å². The van der Waals surface area contributed by atoms with Gasteiger partial charge in [0.05, 0.1) is 26.0 Å². The fraction of sp³-hybridized carbons (Fsp3) is 0.308. The van der Waals surface area contributed by atoms with Crippen LogP contribution in [0, 0.1) is 18.3 Å². The van der Waals surface area contributed by atoms with Crippen molar-refractivity contribution in [2.75, 3.05) is 14.2 Å². The third-order valence-electron chi connectivity index (χ3n) is 2.85. The van der Waals surface area contributed by atoms with Crippen LogP contribution in [-0.4, -0.2) is 28.6 Å². The maximum Gasteiger partial charge on any atom is 0.351 e. The van der Waals surface area contributed by atoms with Crippen LogP contribution in [0.15, 0.2) is 23.0 Å². The van der Waals surface area contributed by atoms with Gasteiger partial charge in [-0.3, -0.25) is 0 Å². The predicted octanol–water partition coefficient (Wildman–Crippen LogP) is 0.883. The fourth-order valence-electron chi connectivity index (χ4n) is 1.95. The molecule has 0 spiro atoms. The molecule has 2 rings (SSSR count). The van der Waals surface area contributed by atoms with Crippen molar-refractivity contribution in [3.05, 3.63) is 34.5 Å². The Kier molecular flexibility index (Phi) is 3.75. The predicted molar refractivity (Wildman–Crippen MR) is 71.3 cm³/mol. The molecule has 0 N–H and O–H groups in total. The molecule has 0 unspecified atom stereocenters. The first-order valence-corrected chi connectivity index (χ1v) is 5.88. The number of ether oxygens (including phenoxy) is 2. The Balaban J connectivity index is 2.58. The number of nitrogens with zero attached hydrogens (tertiary/aromatic N) is 4. The highest BCUT2D eigenvalue weighted by Gasteiger charge is 2.13. The molecule has 0 aliphatic carbocycles. The zero-order valence-corrected chi connectivity index (χ0v) is 11.5. The number of nitriles is 1. The van der Waals surface area contributed by atoms with Crippen LogP contribution in [-0.2, 0) is 6.54 Å². The molecule has 2 aromatic rings. The van der Waals surface area contributed by atoms with Crippen molar-refractivity contribution >= 4 is 0 Å². The van der Waals surface area contributed by atoms with Crippen molar-refractivity contribution in [3.8, 4) is 23.3 Å². The summed E-state index contributed by atoms with van der Waals surface area (Å²) in [6, 6.07) is 7.03. The highest BCUT2D eigenvalue weighted by Crippen LogP contribution is 2.28. The van der Waals surface area contributed by atoms with Crippen LogP contribution < -0.4 is 15.2 Å². The Morgan fingerprint density at radius 3 is 2.60 bits per heavy atom. The molecule has 0 saturated heterocycles. The van der Waals surface area contributed by atoms with Crippen molar-refractivity contribution < 1.29 is 9.47 Å². The first-order chi connectivity index (χ1) is 9.62. The fourth-order valence-corrected chi connectivity index (χ4v) is 1.95. The smallest absolute Gasteiger partial charge is 0.351 e. The molecule has 7 heteroatoms. The Morgan fingerprint density at radius 1 is 1.30 bits per heavy atom. The quantitative estimate of drug-likeness (QED) is 0.826. The van der Waals surface area contributed by atoms with E-state index in [1.807, 2.05) is 6.07 Å². The monoisotopic (exact) mass is 274 g/mol. The lowest BCUT2D eigenvalue weighted by Crippen LogP contribution is -2.23. The number of aryl methyl sites for hydroxylation is 1. The normalized spacial score (nSPS) is 10.1. The molecule has 104 valence electrons. The van der Waals surface area contributed by atoms with Crippen molar-refractivity contribution in [2.45, 2.75) is 13.5 Å². The van der Waals surface area contributed by atoms with E-state index < -0.39 is 0 Å². The van der Waals surface area contributed by atoms with Crippen molar-refractivity contribution in [3.63, 3.8) is 0 Å². The van der Waals surface area contributed by atoms with Gasteiger partial charge in [-0.25, -0.2) is 9.36 Å². The van der Waals surface area contributed by atoms with Gasteiger partial charge in [-0.05, 0) is 19.1 Å². The number of methoxy groups -OCH3 is 2. The Bertz CT molecular complexity index is 724. The molecule has 0 amide bonds. The van der Waals surface area contributed by atoms with Gasteiger partial charge in [0.15, 0.2) is 11.5 Å². The maximum absolute atomic E-state index is 12.2. The SMILES string of the molecule is COc1ccc(-n2c(C)nn(CC#N)c2=O)cc1OC. The average molecular weight is 274 g/mol. The zero-order valence-electron chi connectivity index (χ0n) is 11.5. The summed E-state index contributed by atoms with van der Waals surface area (Å²) in [5.41, 5.74) is 0.241. The lowest BCUT2D eigenvalue weighted by molar-refractivity contribution is 0.355. The minimum atomic E-state index is -0.365. The summed E-state index contributed by atoms with van der Waals surface area (Å²) in [7, 11) is 3.07. The van der Waals surface area contributed by atoms with Gasteiger partial charge < -0.3 is 9.47 Å². The Labute approximate surface area is 115 Å². The molecule has 0 radical (unpaired) electrons. The molecule has 1 heterocycles. The lowest BCUT2D eigenvalue weighted by Gasteiger charge is -2.09. The van der Waals surface area contributed by atoms with Gasteiger partial charge in [0, 0.05) is 6.07 Å². The summed E-state index contributed by atoms with van der Waals surface area (Å²) in [5, 5.41) is 12.7. The van der Waals surface area contributed by atoms with E-state index >= 15 is 0 Å². The molecule has 0 fully saturated rings. The molecule has 0 aliphatic rings. The van der Waals surface area contributed by atoms with E-state index in [-0.39, 0.29) is 12.2 Å². The van der Waals surface area contributed by atoms with E-state index in [0.29, 0.717) is 23.0 Å². The minimum absolute atomic E-state index is 0.0834. The minimum Gasteiger partial charge on any atom is -0.493 e. The third-order valence-corrected chi connectivity index (χ3v) is 2.85. The largest absolute Gasteiger partial charge is 0.493 e. The molecule has 0 atom stereocenters. The third kappa shape index (κ3) is 2.23. The van der Waals surface area contributed by atoms with Crippen molar-refractivity contribution in [1.82, 2.24) is 14.3 Å². The van der Waals surface area contributed by atoms with Crippen molar-refractivity contribution in [2.24, 2.45) is 0 Å². The second-order valence-electron chi connectivity index (χ2n) is 4.02. The van der Waals surface area contributed by atoms with Crippen molar-refractivity contribution in [1.29, 1.82) is 5.26 Å². The maximum atomic E-state index is 12.2. The van der Waals surface area contributed by atoms with E-state index in [4.69, 9.17) is 14.7 Å². The van der Waals surface area contributed by atoms with Gasteiger partial charge in [0.2, 0.25) is 0 Å². The molecule has 0 bridgehead atoms. The van der Waals surface area contributed by atoms with Gasteiger partial charge in [-0.15, -0.1) is 0 Å². The first-order valence-electron chi connectivity index (χ1n) is 5.88. The second kappa shape index (κ2) is 5.48. The lowest BCUT2D eigenvalue weighted by atomic mass is 10.2. The molecule has 7 nitrogen and oxygen atoms in total. The van der Waals surface area contributed by atoms with E-state index in [9.17, 15) is 4.79 Å². The zero-order chi connectivity index (χ0) is 14.7. The molecular formula is C13H14N4O3. The molecule has 1 aromatic heterocycles. The topological polar surface area (TPSA) is 82.1 Å². The summed E-state index contributed by atoms with van der Waals surface area (Å²) >= 11 is 0. The number of rotatable bonds is 4. The molecule has 1 aromatic carbocycles. The number of hydrogen-bond acceptors (Lipinski definition) is 5. The van der Waals surface area contributed by atoms with Crippen LogP contribution in [0.5, 0.6) is 11.5 Å². The summed E-state index contributed by atoms with van der Waals surface area (Å²) in [5.74, 6) is 1.59. The van der Waals surface area contributed by atoms with Crippen LogP contribution in [0.2, 0.25) is 0 Å². The molecule has 20 heavy (non-hydrogen) atoms. The van der Waals surface area contributed by atoms with Gasteiger partial charge in [0.1, 0.15) is 12.4 Å².